The van der Waals surface area contributed by atoms with Crippen molar-refractivity contribution in [3.63, 3.8) is 0 Å². The molecule has 3 nitrogen and oxygen atoms in total. The fraction of sp³-hybridized carbons (Fsp3) is 0.500. The van der Waals surface area contributed by atoms with Crippen LogP contribution >= 0.6 is 0 Å². The second kappa shape index (κ2) is 4.82. The van der Waals surface area contributed by atoms with Gasteiger partial charge in [-0.2, -0.15) is 0 Å². The van der Waals surface area contributed by atoms with Gasteiger partial charge in [-0.3, -0.25) is 4.98 Å². The molecule has 0 atom stereocenters. The lowest BCUT2D eigenvalue weighted by atomic mass is 10.2. The largest absolute Gasteiger partial charge is 0.372 e. The van der Waals surface area contributed by atoms with E-state index in [-0.39, 0.29) is 0 Å². The minimum Gasteiger partial charge on any atom is -0.372 e. The first-order chi connectivity index (χ1) is 6.33. The SMILES string of the molecule is CCN(CC)c1ccncc1CN. The lowest BCUT2D eigenvalue weighted by Gasteiger charge is -2.23. The van der Waals surface area contributed by atoms with E-state index >= 15 is 0 Å². The van der Waals surface area contributed by atoms with Crippen LogP contribution in [0.4, 0.5) is 5.69 Å². The van der Waals surface area contributed by atoms with Gasteiger partial charge in [0, 0.05) is 43.3 Å². The number of hydrogen-bond acceptors (Lipinski definition) is 3. The number of aromatic nitrogens is 1. The van der Waals surface area contributed by atoms with Crippen molar-refractivity contribution in [3.05, 3.63) is 24.0 Å². The van der Waals surface area contributed by atoms with Crippen LogP contribution in [0.2, 0.25) is 0 Å². The first-order valence-corrected chi connectivity index (χ1v) is 4.71. The summed E-state index contributed by atoms with van der Waals surface area (Å²) in [7, 11) is 0. The third-order valence-corrected chi connectivity index (χ3v) is 2.20. The van der Waals surface area contributed by atoms with Crippen molar-refractivity contribution in [3.8, 4) is 0 Å². The average molecular weight is 179 g/mol. The van der Waals surface area contributed by atoms with Crippen LogP contribution in [0.5, 0.6) is 0 Å². The molecule has 0 saturated carbocycles. The van der Waals surface area contributed by atoms with E-state index in [9.17, 15) is 0 Å². The molecular weight excluding hydrogens is 162 g/mol. The highest BCUT2D eigenvalue weighted by Crippen LogP contribution is 2.17. The summed E-state index contributed by atoms with van der Waals surface area (Å²) in [6.07, 6.45) is 3.65. The molecule has 1 aromatic rings. The van der Waals surface area contributed by atoms with Crippen LogP contribution in [0.1, 0.15) is 19.4 Å². The van der Waals surface area contributed by atoms with Gasteiger partial charge in [-0.25, -0.2) is 0 Å². The van der Waals surface area contributed by atoms with E-state index in [1.54, 1.807) is 0 Å². The highest BCUT2D eigenvalue weighted by Gasteiger charge is 2.05. The van der Waals surface area contributed by atoms with Gasteiger partial charge in [-0.1, -0.05) is 0 Å². The third kappa shape index (κ3) is 2.18. The van der Waals surface area contributed by atoms with Crippen LogP contribution < -0.4 is 10.6 Å². The number of anilines is 1. The maximum Gasteiger partial charge on any atom is 0.0442 e. The molecule has 0 aliphatic rings. The zero-order chi connectivity index (χ0) is 9.68. The molecule has 0 saturated heterocycles. The van der Waals surface area contributed by atoms with Crippen molar-refractivity contribution < 1.29 is 0 Å². The van der Waals surface area contributed by atoms with Gasteiger partial charge >= 0.3 is 0 Å². The Morgan fingerprint density at radius 2 is 2.08 bits per heavy atom. The van der Waals surface area contributed by atoms with Crippen molar-refractivity contribution in [1.82, 2.24) is 4.98 Å². The molecular formula is C10H17N3. The maximum absolute atomic E-state index is 5.63. The summed E-state index contributed by atoms with van der Waals surface area (Å²) in [6, 6.07) is 2.02. The summed E-state index contributed by atoms with van der Waals surface area (Å²) in [5.74, 6) is 0. The molecule has 13 heavy (non-hydrogen) atoms. The van der Waals surface area contributed by atoms with Crippen molar-refractivity contribution in [2.75, 3.05) is 18.0 Å². The Kier molecular flexibility index (Phi) is 3.71. The molecule has 1 heterocycles. The summed E-state index contributed by atoms with van der Waals surface area (Å²) in [6.45, 7) is 6.86. The topological polar surface area (TPSA) is 42.2 Å². The molecule has 0 amide bonds. The Labute approximate surface area is 79.6 Å². The quantitative estimate of drug-likeness (QED) is 0.759. The van der Waals surface area contributed by atoms with Gasteiger partial charge < -0.3 is 10.6 Å². The van der Waals surface area contributed by atoms with Gasteiger partial charge in [0.15, 0.2) is 0 Å². The van der Waals surface area contributed by atoms with Crippen molar-refractivity contribution in [1.29, 1.82) is 0 Å². The molecule has 0 unspecified atom stereocenters. The highest BCUT2D eigenvalue weighted by molar-refractivity contribution is 5.51. The second-order valence-corrected chi connectivity index (χ2v) is 2.88. The van der Waals surface area contributed by atoms with Gasteiger partial charge in [0.2, 0.25) is 0 Å². The zero-order valence-electron chi connectivity index (χ0n) is 8.33. The Balaban J connectivity index is 2.96. The predicted octanol–water partition coefficient (Wildman–Crippen LogP) is 1.39. The van der Waals surface area contributed by atoms with Crippen LogP contribution in [0.15, 0.2) is 18.5 Å². The molecule has 2 N–H and O–H groups in total. The number of nitrogens with two attached hydrogens (primary N) is 1. The minimum absolute atomic E-state index is 0.555. The molecule has 72 valence electrons. The summed E-state index contributed by atoms with van der Waals surface area (Å²) in [5.41, 5.74) is 7.96. The zero-order valence-corrected chi connectivity index (χ0v) is 8.33. The molecule has 0 aliphatic heterocycles. The van der Waals surface area contributed by atoms with Crippen LogP contribution in [-0.2, 0) is 6.54 Å². The van der Waals surface area contributed by atoms with E-state index in [4.69, 9.17) is 5.73 Å². The minimum atomic E-state index is 0.555. The van der Waals surface area contributed by atoms with Crippen LogP contribution in [-0.4, -0.2) is 18.1 Å². The summed E-state index contributed by atoms with van der Waals surface area (Å²) >= 11 is 0. The third-order valence-electron chi connectivity index (χ3n) is 2.20. The normalized spacial score (nSPS) is 10.1. The first-order valence-electron chi connectivity index (χ1n) is 4.71. The lowest BCUT2D eigenvalue weighted by molar-refractivity contribution is 0.850. The lowest BCUT2D eigenvalue weighted by Crippen LogP contribution is -2.23. The second-order valence-electron chi connectivity index (χ2n) is 2.88. The Morgan fingerprint density at radius 3 is 2.62 bits per heavy atom. The van der Waals surface area contributed by atoms with Gasteiger partial charge in [-0.15, -0.1) is 0 Å². The fourth-order valence-corrected chi connectivity index (χ4v) is 1.45. The van der Waals surface area contributed by atoms with Gasteiger partial charge in [-0.05, 0) is 19.9 Å². The summed E-state index contributed by atoms with van der Waals surface area (Å²) < 4.78 is 0. The van der Waals surface area contributed by atoms with Crippen molar-refractivity contribution in [2.45, 2.75) is 20.4 Å². The van der Waals surface area contributed by atoms with Crippen molar-refractivity contribution in [2.24, 2.45) is 5.73 Å². The van der Waals surface area contributed by atoms with Crippen LogP contribution in [0.25, 0.3) is 0 Å². The number of pyridine rings is 1. The Bertz CT molecular complexity index is 256. The molecule has 0 aliphatic carbocycles. The van der Waals surface area contributed by atoms with E-state index in [0.717, 1.165) is 18.7 Å². The molecule has 3 heteroatoms. The van der Waals surface area contributed by atoms with E-state index < -0.39 is 0 Å². The molecule has 0 bridgehead atoms. The molecule has 1 aromatic heterocycles. The first kappa shape index (κ1) is 9.99. The van der Waals surface area contributed by atoms with Gasteiger partial charge in [0.05, 0.1) is 0 Å². The number of hydrogen-bond donors (Lipinski definition) is 1. The number of rotatable bonds is 4. The standard InChI is InChI=1S/C10H17N3/c1-3-13(4-2)10-5-6-12-8-9(10)7-11/h5-6,8H,3-4,7,11H2,1-2H3. The molecule has 0 radical (unpaired) electrons. The molecule has 0 fully saturated rings. The Morgan fingerprint density at radius 1 is 1.38 bits per heavy atom. The smallest absolute Gasteiger partial charge is 0.0442 e. The summed E-state index contributed by atoms with van der Waals surface area (Å²) in [5, 5.41) is 0. The van der Waals surface area contributed by atoms with E-state index in [0.29, 0.717) is 6.54 Å². The van der Waals surface area contributed by atoms with Crippen LogP contribution in [0.3, 0.4) is 0 Å². The van der Waals surface area contributed by atoms with Gasteiger partial charge in [0.25, 0.3) is 0 Å². The molecule has 1 rings (SSSR count). The van der Waals surface area contributed by atoms with E-state index in [2.05, 4.69) is 23.7 Å². The number of nitrogens with zero attached hydrogens (tertiary/aromatic N) is 2. The molecule has 0 spiro atoms. The van der Waals surface area contributed by atoms with Crippen LogP contribution in [0, 0.1) is 0 Å². The van der Waals surface area contributed by atoms with E-state index in [1.807, 2.05) is 18.5 Å². The van der Waals surface area contributed by atoms with Gasteiger partial charge in [0.1, 0.15) is 0 Å². The molecule has 0 aromatic carbocycles. The Hall–Kier alpha value is -1.09. The van der Waals surface area contributed by atoms with E-state index in [1.165, 1.54) is 5.69 Å². The van der Waals surface area contributed by atoms with Crippen molar-refractivity contribution >= 4 is 5.69 Å². The predicted molar refractivity (Wildman–Crippen MR) is 55.7 cm³/mol. The maximum atomic E-state index is 5.63. The fourth-order valence-electron chi connectivity index (χ4n) is 1.45. The monoisotopic (exact) mass is 179 g/mol. The summed E-state index contributed by atoms with van der Waals surface area (Å²) in [4.78, 5) is 6.34. The average Bonchev–Trinajstić information content (AvgIpc) is 2.20. The highest BCUT2D eigenvalue weighted by atomic mass is 15.1.